The van der Waals surface area contributed by atoms with E-state index in [-0.39, 0.29) is 46.1 Å². The summed E-state index contributed by atoms with van der Waals surface area (Å²) in [6.07, 6.45) is 1.36. The summed E-state index contributed by atoms with van der Waals surface area (Å²) in [5, 5.41) is 5.59. The number of imidazole rings is 1. The van der Waals surface area contributed by atoms with Crippen molar-refractivity contribution < 1.29 is 18.8 Å². The van der Waals surface area contributed by atoms with Gasteiger partial charge in [0.05, 0.1) is 11.3 Å². The Bertz CT molecular complexity index is 1170. The van der Waals surface area contributed by atoms with Gasteiger partial charge in [-0.1, -0.05) is 37.6 Å². The molecule has 0 unspecified atom stereocenters. The summed E-state index contributed by atoms with van der Waals surface area (Å²) < 4.78 is 13.2. The zero-order valence-electron chi connectivity index (χ0n) is 18.4. The van der Waals surface area contributed by atoms with Crippen molar-refractivity contribution in [2.45, 2.75) is 33.2 Å². The molecule has 0 aliphatic heterocycles. The third kappa shape index (κ3) is 6.04. The Labute approximate surface area is 195 Å². The number of H-pyrrole nitrogens is 1. The molecule has 0 radical (unpaired) electrons. The fourth-order valence-corrected chi connectivity index (χ4v) is 3.25. The van der Waals surface area contributed by atoms with E-state index in [0.29, 0.717) is 11.3 Å². The fourth-order valence-electron chi connectivity index (χ4n) is 2.98. The van der Waals surface area contributed by atoms with Gasteiger partial charge in [0.25, 0.3) is 11.8 Å². The van der Waals surface area contributed by atoms with E-state index in [1.54, 1.807) is 24.3 Å². The maximum atomic E-state index is 13.2. The lowest BCUT2D eigenvalue weighted by molar-refractivity contribution is 0.0914. The number of anilines is 1. The number of aromatic amines is 1. The summed E-state index contributed by atoms with van der Waals surface area (Å²) in [7, 11) is 0. The highest BCUT2D eigenvalue weighted by atomic mass is 35.5. The van der Waals surface area contributed by atoms with Gasteiger partial charge in [-0.3, -0.25) is 14.4 Å². The number of nitrogens with one attached hydrogen (secondary N) is 3. The average molecular weight is 471 g/mol. The number of hydrogen-bond acceptors (Lipinski definition) is 4. The van der Waals surface area contributed by atoms with Crippen LogP contribution >= 0.6 is 11.6 Å². The van der Waals surface area contributed by atoms with Gasteiger partial charge < -0.3 is 15.6 Å². The predicted octanol–water partition coefficient (Wildman–Crippen LogP) is 4.65. The lowest BCUT2D eigenvalue weighted by atomic mass is 10.0. The highest BCUT2D eigenvalue weighted by molar-refractivity contribution is 6.34. The lowest BCUT2D eigenvalue weighted by Crippen LogP contribution is -2.37. The Kier molecular flexibility index (Phi) is 7.60. The first-order valence-corrected chi connectivity index (χ1v) is 10.8. The largest absolute Gasteiger partial charge is 0.348 e. The zero-order valence-corrected chi connectivity index (χ0v) is 19.2. The van der Waals surface area contributed by atoms with Crippen LogP contribution in [0, 0.1) is 11.7 Å². The summed E-state index contributed by atoms with van der Waals surface area (Å²) >= 11 is 5.95. The van der Waals surface area contributed by atoms with Crippen molar-refractivity contribution in [2.75, 3.05) is 5.32 Å². The van der Waals surface area contributed by atoms with Crippen LogP contribution in [0.3, 0.4) is 0 Å². The summed E-state index contributed by atoms with van der Waals surface area (Å²) in [6.45, 7) is 5.85. The van der Waals surface area contributed by atoms with Gasteiger partial charge in [0.2, 0.25) is 0 Å². The van der Waals surface area contributed by atoms with Gasteiger partial charge in [-0.15, -0.1) is 0 Å². The minimum Gasteiger partial charge on any atom is -0.348 e. The molecular weight excluding hydrogens is 447 g/mol. The summed E-state index contributed by atoms with van der Waals surface area (Å²) in [5.41, 5.74) is 1.47. The number of hydrogen-bond donors (Lipinski definition) is 3. The van der Waals surface area contributed by atoms with Gasteiger partial charge in [-0.2, -0.15) is 0 Å². The van der Waals surface area contributed by atoms with E-state index >= 15 is 0 Å². The fraction of sp³-hybridized carbons (Fsp3) is 0.250. The number of halogens is 2. The molecule has 1 aromatic heterocycles. The van der Waals surface area contributed by atoms with Gasteiger partial charge in [0.1, 0.15) is 11.5 Å². The molecule has 3 aromatic rings. The number of benzene rings is 2. The van der Waals surface area contributed by atoms with Crippen LogP contribution in [0.1, 0.15) is 57.7 Å². The quantitative estimate of drug-likeness (QED) is 0.417. The number of rotatable bonds is 8. The first-order chi connectivity index (χ1) is 15.7. The molecule has 0 bridgehead atoms. The first-order valence-electron chi connectivity index (χ1n) is 10.4. The number of amides is 2. The second-order valence-electron chi connectivity index (χ2n) is 8.01. The molecule has 3 rings (SSSR count). The second kappa shape index (κ2) is 10.4. The minimum atomic E-state index is -0.541. The van der Waals surface area contributed by atoms with E-state index in [2.05, 4.69) is 20.6 Å². The van der Waals surface area contributed by atoms with Crippen LogP contribution < -0.4 is 10.6 Å². The van der Waals surface area contributed by atoms with E-state index in [1.165, 1.54) is 18.5 Å². The molecule has 7 nitrogen and oxygen atoms in total. The molecule has 33 heavy (non-hydrogen) atoms. The molecule has 172 valence electrons. The van der Waals surface area contributed by atoms with Crippen LogP contribution in [0.25, 0.3) is 0 Å². The van der Waals surface area contributed by atoms with Crippen LogP contribution in [0.4, 0.5) is 10.1 Å². The summed E-state index contributed by atoms with van der Waals surface area (Å²) in [6, 6.07) is 10.2. The maximum absolute atomic E-state index is 13.2. The molecule has 0 aliphatic carbocycles. The predicted molar refractivity (Wildman–Crippen MR) is 124 cm³/mol. The molecule has 0 saturated heterocycles. The maximum Gasteiger partial charge on any atom is 0.276 e. The van der Waals surface area contributed by atoms with Crippen LogP contribution in [0.15, 0.2) is 48.8 Å². The van der Waals surface area contributed by atoms with E-state index in [4.69, 9.17) is 11.6 Å². The molecule has 0 saturated carbocycles. The highest BCUT2D eigenvalue weighted by Crippen LogP contribution is 2.20. The molecule has 1 atom stereocenters. The van der Waals surface area contributed by atoms with Gasteiger partial charge in [-0.25, -0.2) is 9.37 Å². The number of Topliss-reactive ketones (excluding diaryl/α,β-unsaturated/α-hetero) is 1. The van der Waals surface area contributed by atoms with E-state index in [0.717, 1.165) is 6.07 Å². The Morgan fingerprint density at radius 3 is 2.39 bits per heavy atom. The van der Waals surface area contributed by atoms with Crippen molar-refractivity contribution in [3.05, 3.63) is 82.1 Å². The van der Waals surface area contributed by atoms with Crippen molar-refractivity contribution in [3.63, 3.8) is 0 Å². The topological polar surface area (TPSA) is 104 Å². The number of carbonyl (C=O) groups is 3. The number of carbonyl (C=O) groups excluding carboxylic acids is 3. The molecule has 0 aliphatic rings. The van der Waals surface area contributed by atoms with Crippen molar-refractivity contribution in [1.29, 1.82) is 0 Å². The van der Waals surface area contributed by atoms with Crippen LogP contribution in [-0.4, -0.2) is 33.6 Å². The monoisotopic (exact) mass is 470 g/mol. The highest BCUT2D eigenvalue weighted by Gasteiger charge is 2.22. The van der Waals surface area contributed by atoms with Crippen molar-refractivity contribution in [2.24, 2.45) is 5.92 Å². The van der Waals surface area contributed by atoms with Gasteiger partial charge in [-0.05, 0) is 48.7 Å². The Morgan fingerprint density at radius 1 is 1.06 bits per heavy atom. The van der Waals surface area contributed by atoms with Crippen molar-refractivity contribution in [3.8, 4) is 0 Å². The molecule has 9 heteroatoms. The SMILES string of the molecule is CC(C)[C@@H](C)NC(=O)c1[nH]cnc1C(=O)Nc1ccc(CC(=O)c2ccc(F)cc2Cl)cc1. The first kappa shape index (κ1) is 24.1. The van der Waals surface area contributed by atoms with Gasteiger partial charge >= 0.3 is 0 Å². The number of nitrogens with zero attached hydrogens (tertiary/aromatic N) is 1. The van der Waals surface area contributed by atoms with Crippen LogP contribution in [-0.2, 0) is 6.42 Å². The molecular formula is C24H24ClFN4O3. The van der Waals surface area contributed by atoms with E-state index in [1.807, 2.05) is 20.8 Å². The number of ketones is 1. The smallest absolute Gasteiger partial charge is 0.276 e. The summed E-state index contributed by atoms with van der Waals surface area (Å²) in [4.78, 5) is 44.3. The van der Waals surface area contributed by atoms with Crippen molar-refractivity contribution >= 4 is 34.9 Å². The average Bonchev–Trinajstić information content (AvgIpc) is 3.25. The molecule has 2 amide bonds. The molecule has 2 aromatic carbocycles. The van der Waals surface area contributed by atoms with Crippen LogP contribution in [0.2, 0.25) is 5.02 Å². The van der Waals surface area contributed by atoms with Gasteiger partial charge in [0.15, 0.2) is 11.5 Å². The Hall–Kier alpha value is -3.52. The Morgan fingerprint density at radius 2 is 1.76 bits per heavy atom. The molecule has 1 heterocycles. The molecule has 0 fully saturated rings. The standard InChI is InChI=1S/C24H24ClFN4O3/c1-13(2)14(3)29-23(32)21-22(28-12-27-21)24(33)30-17-7-4-15(5-8-17)10-20(31)18-9-6-16(26)11-19(18)25/h4-9,11-14H,10H2,1-3H3,(H,27,28)(H,29,32)(H,30,33)/t14-/m1/s1. The Balaban J connectivity index is 1.65. The van der Waals surface area contributed by atoms with E-state index in [9.17, 15) is 18.8 Å². The third-order valence-electron chi connectivity index (χ3n) is 5.25. The van der Waals surface area contributed by atoms with Crippen molar-refractivity contribution in [1.82, 2.24) is 15.3 Å². The molecule has 0 spiro atoms. The second-order valence-corrected chi connectivity index (χ2v) is 8.41. The molecule has 3 N–H and O–H groups in total. The van der Waals surface area contributed by atoms with Crippen LogP contribution in [0.5, 0.6) is 0 Å². The minimum absolute atomic E-state index is 0.0198. The third-order valence-corrected chi connectivity index (χ3v) is 5.56. The number of aromatic nitrogens is 2. The van der Waals surface area contributed by atoms with Gasteiger partial charge in [0, 0.05) is 23.7 Å². The lowest BCUT2D eigenvalue weighted by Gasteiger charge is -2.17. The summed E-state index contributed by atoms with van der Waals surface area (Å²) in [5.74, 6) is -1.48. The van der Waals surface area contributed by atoms with E-state index < -0.39 is 17.6 Å². The zero-order chi connectivity index (χ0) is 24.1. The normalized spacial score (nSPS) is 11.8.